The lowest BCUT2D eigenvalue weighted by Gasteiger charge is -2.12. The molecule has 2 aromatic heterocycles. The molecule has 1 aliphatic rings. The number of rotatable bonds is 4. The molecular formula is C18H16ClN3O4S. The van der Waals surface area contributed by atoms with Gasteiger partial charge in [0.15, 0.2) is 11.5 Å². The van der Waals surface area contributed by atoms with Gasteiger partial charge in [-0.1, -0.05) is 11.6 Å². The average Bonchev–Trinajstić information content (AvgIpc) is 3.01. The predicted molar refractivity (Wildman–Crippen MR) is 103 cm³/mol. The van der Waals surface area contributed by atoms with E-state index in [0.717, 1.165) is 12.0 Å². The average molecular weight is 406 g/mol. The van der Waals surface area contributed by atoms with E-state index in [0.29, 0.717) is 40.0 Å². The van der Waals surface area contributed by atoms with Crippen LogP contribution in [0.2, 0.25) is 5.02 Å². The second-order valence-corrected chi connectivity index (χ2v) is 7.35. The number of nitrogens with one attached hydrogen (secondary N) is 1. The van der Waals surface area contributed by atoms with Crippen LogP contribution in [0.5, 0.6) is 11.5 Å². The van der Waals surface area contributed by atoms with Gasteiger partial charge in [-0.2, -0.15) is 0 Å². The maximum absolute atomic E-state index is 12.3. The predicted octanol–water partition coefficient (Wildman–Crippen LogP) is 2.59. The number of amides is 1. The van der Waals surface area contributed by atoms with Crippen molar-refractivity contribution in [2.45, 2.75) is 19.5 Å². The molecule has 0 fully saturated rings. The van der Waals surface area contributed by atoms with Crippen LogP contribution in [0, 0.1) is 0 Å². The number of hydrogen-bond donors (Lipinski definition) is 1. The molecule has 0 bridgehead atoms. The molecule has 0 saturated heterocycles. The summed E-state index contributed by atoms with van der Waals surface area (Å²) in [6.45, 7) is 1.27. The second-order valence-electron chi connectivity index (χ2n) is 6.05. The summed E-state index contributed by atoms with van der Waals surface area (Å²) in [5, 5.41) is 5.56. The number of hydrogen-bond acceptors (Lipinski definition) is 6. The highest BCUT2D eigenvalue weighted by Gasteiger charge is 2.16. The molecule has 3 aromatic rings. The number of carbonyl (C=O) groups excluding carboxylic acids is 1. The highest BCUT2D eigenvalue weighted by atomic mass is 35.5. The van der Waals surface area contributed by atoms with Gasteiger partial charge in [0.1, 0.15) is 11.4 Å². The molecule has 9 heteroatoms. The molecule has 4 rings (SSSR count). The molecule has 27 heavy (non-hydrogen) atoms. The maximum atomic E-state index is 12.3. The number of carbonyl (C=O) groups is 1. The summed E-state index contributed by atoms with van der Waals surface area (Å²) >= 11 is 7.65. The van der Waals surface area contributed by atoms with E-state index in [4.69, 9.17) is 21.1 Å². The number of aromatic nitrogens is 2. The fourth-order valence-electron chi connectivity index (χ4n) is 2.80. The second kappa shape index (κ2) is 7.58. The van der Waals surface area contributed by atoms with E-state index in [-0.39, 0.29) is 24.6 Å². The minimum Gasteiger partial charge on any atom is -0.489 e. The molecule has 1 N–H and O–H groups in total. The van der Waals surface area contributed by atoms with Gasteiger partial charge in [-0.25, -0.2) is 4.98 Å². The zero-order chi connectivity index (χ0) is 18.8. The Balaban J connectivity index is 1.44. The molecule has 0 spiro atoms. The molecule has 0 aliphatic carbocycles. The fourth-order valence-corrected chi connectivity index (χ4v) is 3.81. The Bertz CT molecular complexity index is 1060. The Morgan fingerprint density at radius 1 is 1.33 bits per heavy atom. The van der Waals surface area contributed by atoms with E-state index in [2.05, 4.69) is 10.3 Å². The zero-order valence-electron chi connectivity index (χ0n) is 14.2. The highest BCUT2D eigenvalue weighted by Crippen LogP contribution is 2.37. The first-order valence-electron chi connectivity index (χ1n) is 8.39. The van der Waals surface area contributed by atoms with Crippen LogP contribution in [0.4, 0.5) is 0 Å². The molecule has 0 saturated carbocycles. The summed E-state index contributed by atoms with van der Waals surface area (Å²) in [5.41, 5.74) is 0.561. The molecule has 1 aliphatic heterocycles. The van der Waals surface area contributed by atoms with Crippen LogP contribution in [-0.4, -0.2) is 28.7 Å². The van der Waals surface area contributed by atoms with Gasteiger partial charge in [-0.3, -0.25) is 14.2 Å². The molecular weight excluding hydrogens is 390 g/mol. The molecule has 1 amide bonds. The first kappa shape index (κ1) is 17.8. The molecule has 0 unspecified atom stereocenters. The first-order chi connectivity index (χ1) is 13.1. The van der Waals surface area contributed by atoms with Crippen molar-refractivity contribution < 1.29 is 14.3 Å². The van der Waals surface area contributed by atoms with Crippen LogP contribution >= 0.6 is 22.9 Å². The van der Waals surface area contributed by atoms with Crippen LogP contribution in [-0.2, 0) is 17.9 Å². The van der Waals surface area contributed by atoms with Gasteiger partial charge >= 0.3 is 0 Å². The number of fused-ring (bicyclic) bond motifs is 2. The summed E-state index contributed by atoms with van der Waals surface area (Å²) in [5.74, 6) is 0.815. The van der Waals surface area contributed by atoms with Crippen molar-refractivity contribution in [3.8, 4) is 11.5 Å². The normalized spacial score (nSPS) is 13.4. The van der Waals surface area contributed by atoms with Gasteiger partial charge < -0.3 is 14.8 Å². The van der Waals surface area contributed by atoms with E-state index in [1.807, 2.05) is 0 Å². The number of thiophene rings is 1. The molecule has 0 atom stereocenters. The zero-order valence-corrected chi connectivity index (χ0v) is 15.8. The summed E-state index contributed by atoms with van der Waals surface area (Å²) in [6, 6.07) is 5.25. The molecule has 3 heterocycles. The van der Waals surface area contributed by atoms with Crippen LogP contribution in [0.3, 0.4) is 0 Å². The lowest BCUT2D eigenvalue weighted by Crippen LogP contribution is -2.32. The maximum Gasteiger partial charge on any atom is 0.262 e. The topological polar surface area (TPSA) is 82.5 Å². The number of benzene rings is 1. The minimum absolute atomic E-state index is 0.101. The van der Waals surface area contributed by atoms with Gasteiger partial charge in [-0.05, 0) is 29.1 Å². The van der Waals surface area contributed by atoms with Gasteiger partial charge in [0.05, 0.1) is 29.9 Å². The van der Waals surface area contributed by atoms with Crippen molar-refractivity contribution in [3.05, 3.63) is 50.8 Å². The third-order valence-corrected chi connectivity index (χ3v) is 5.22. The van der Waals surface area contributed by atoms with Crippen LogP contribution in [0.25, 0.3) is 10.2 Å². The van der Waals surface area contributed by atoms with Crippen LogP contribution < -0.4 is 20.3 Å². The summed E-state index contributed by atoms with van der Waals surface area (Å²) in [6.07, 6.45) is 2.18. The monoisotopic (exact) mass is 405 g/mol. The van der Waals surface area contributed by atoms with Crippen LogP contribution in [0.1, 0.15) is 12.0 Å². The Labute approximate surface area is 163 Å². The molecule has 0 radical (unpaired) electrons. The van der Waals surface area contributed by atoms with E-state index < -0.39 is 0 Å². The van der Waals surface area contributed by atoms with Gasteiger partial charge in [0.25, 0.3) is 5.56 Å². The summed E-state index contributed by atoms with van der Waals surface area (Å²) in [4.78, 5) is 29.5. The Morgan fingerprint density at radius 3 is 3.07 bits per heavy atom. The highest BCUT2D eigenvalue weighted by molar-refractivity contribution is 7.16. The quantitative estimate of drug-likeness (QED) is 0.721. The van der Waals surface area contributed by atoms with Crippen molar-refractivity contribution in [2.24, 2.45) is 0 Å². The Kier molecular flexibility index (Phi) is 5.00. The van der Waals surface area contributed by atoms with E-state index >= 15 is 0 Å². The standard InChI is InChI=1S/C18H16ClN3O4S/c19-13-6-11(7-14-16(13)26-4-1-3-25-14)8-20-15(23)9-22-10-21-17-12(18(22)24)2-5-27-17/h2,5-7,10H,1,3-4,8-9H2,(H,20,23). The van der Waals surface area contributed by atoms with Gasteiger partial charge in [-0.15, -0.1) is 11.3 Å². The SMILES string of the molecule is O=C(Cn1cnc2sccc2c1=O)NCc1cc(Cl)c2c(c1)OCCCO2. The van der Waals surface area contributed by atoms with E-state index in [9.17, 15) is 9.59 Å². The lowest BCUT2D eigenvalue weighted by atomic mass is 10.2. The third-order valence-electron chi connectivity index (χ3n) is 4.12. The first-order valence-corrected chi connectivity index (χ1v) is 9.65. The fraction of sp³-hybridized carbons (Fsp3) is 0.278. The lowest BCUT2D eigenvalue weighted by molar-refractivity contribution is -0.121. The van der Waals surface area contributed by atoms with E-state index in [1.54, 1.807) is 23.6 Å². The number of nitrogens with zero attached hydrogens (tertiary/aromatic N) is 2. The summed E-state index contributed by atoms with van der Waals surface area (Å²) < 4.78 is 12.5. The van der Waals surface area contributed by atoms with Crippen molar-refractivity contribution in [1.82, 2.24) is 14.9 Å². The Morgan fingerprint density at radius 2 is 2.19 bits per heavy atom. The molecule has 1 aromatic carbocycles. The molecule has 140 valence electrons. The summed E-state index contributed by atoms with van der Waals surface area (Å²) in [7, 11) is 0. The third kappa shape index (κ3) is 3.77. The largest absolute Gasteiger partial charge is 0.489 e. The molecule has 7 nitrogen and oxygen atoms in total. The van der Waals surface area contributed by atoms with Crippen LogP contribution in [0.15, 0.2) is 34.7 Å². The van der Waals surface area contributed by atoms with Crippen molar-refractivity contribution >= 4 is 39.1 Å². The number of ether oxygens (including phenoxy) is 2. The Hall–Kier alpha value is -2.58. The van der Waals surface area contributed by atoms with Crippen molar-refractivity contribution in [2.75, 3.05) is 13.2 Å². The minimum atomic E-state index is -0.295. The van der Waals surface area contributed by atoms with E-state index in [1.165, 1.54) is 22.2 Å². The van der Waals surface area contributed by atoms with Crippen molar-refractivity contribution in [3.63, 3.8) is 0 Å². The van der Waals surface area contributed by atoms with Crippen molar-refractivity contribution in [1.29, 1.82) is 0 Å². The smallest absolute Gasteiger partial charge is 0.262 e. The number of halogens is 1. The van der Waals surface area contributed by atoms with Gasteiger partial charge in [0, 0.05) is 13.0 Å². The van der Waals surface area contributed by atoms with Gasteiger partial charge in [0.2, 0.25) is 5.91 Å².